The number of hydrogen-bond acceptors (Lipinski definition) is 5. The van der Waals surface area contributed by atoms with E-state index in [4.69, 9.17) is 4.74 Å². The Hall–Kier alpha value is -2.70. The molecule has 0 aliphatic heterocycles. The Bertz CT molecular complexity index is 854. The summed E-state index contributed by atoms with van der Waals surface area (Å²) >= 11 is 0. The van der Waals surface area contributed by atoms with Crippen LogP contribution in [0.3, 0.4) is 0 Å². The van der Waals surface area contributed by atoms with Crippen LogP contribution < -0.4 is 10.1 Å². The summed E-state index contributed by atoms with van der Waals surface area (Å²) in [6, 6.07) is 15.9. The van der Waals surface area contributed by atoms with Crippen molar-refractivity contribution in [3.05, 3.63) is 78.4 Å². The molecule has 0 radical (unpaired) electrons. The first-order valence-corrected chi connectivity index (χ1v) is 9.77. The second-order valence-electron chi connectivity index (χ2n) is 7.38. The zero-order valence-electron chi connectivity index (χ0n) is 15.8. The smallest absolute Gasteiger partial charge is 0.130 e. The predicted molar refractivity (Wildman–Crippen MR) is 107 cm³/mol. The lowest BCUT2D eigenvalue weighted by Gasteiger charge is -2.17. The van der Waals surface area contributed by atoms with E-state index in [0.29, 0.717) is 19.1 Å². The van der Waals surface area contributed by atoms with E-state index in [1.165, 1.54) is 0 Å². The van der Waals surface area contributed by atoms with Crippen LogP contribution in [0.2, 0.25) is 0 Å². The van der Waals surface area contributed by atoms with Gasteiger partial charge in [0.2, 0.25) is 0 Å². The first kappa shape index (κ1) is 18.7. The van der Waals surface area contributed by atoms with Gasteiger partial charge in [-0.05, 0) is 54.7 Å². The van der Waals surface area contributed by atoms with Crippen LogP contribution in [-0.2, 0) is 19.7 Å². The van der Waals surface area contributed by atoms with Crippen molar-refractivity contribution in [2.24, 2.45) is 5.92 Å². The number of benzene rings is 1. The van der Waals surface area contributed by atoms with Crippen molar-refractivity contribution in [1.29, 1.82) is 0 Å². The number of aliphatic hydroxyl groups excluding tert-OH is 1. The van der Waals surface area contributed by atoms with Gasteiger partial charge in [0.25, 0.3) is 0 Å². The Morgan fingerprint density at radius 1 is 1.11 bits per heavy atom. The third-order valence-electron chi connectivity index (χ3n) is 5.21. The molecule has 1 aliphatic rings. The average molecular weight is 378 g/mol. The summed E-state index contributed by atoms with van der Waals surface area (Å²) in [5, 5.41) is 18.2. The molecule has 1 aliphatic carbocycles. The van der Waals surface area contributed by atoms with E-state index >= 15 is 0 Å². The van der Waals surface area contributed by atoms with Gasteiger partial charge in [-0.15, -0.1) is 0 Å². The highest BCUT2D eigenvalue weighted by Crippen LogP contribution is 2.28. The van der Waals surface area contributed by atoms with E-state index in [1.807, 2.05) is 53.3 Å². The molecule has 0 spiro atoms. The van der Waals surface area contributed by atoms with Crippen molar-refractivity contribution in [3.63, 3.8) is 0 Å². The van der Waals surface area contributed by atoms with Crippen molar-refractivity contribution >= 4 is 0 Å². The van der Waals surface area contributed by atoms with E-state index in [-0.39, 0.29) is 12.1 Å². The topological polar surface area (TPSA) is 72.2 Å². The van der Waals surface area contributed by atoms with Crippen molar-refractivity contribution in [2.45, 2.75) is 44.7 Å². The van der Waals surface area contributed by atoms with Crippen LogP contribution >= 0.6 is 0 Å². The number of aromatic nitrogens is 3. The molecule has 0 saturated heterocycles. The van der Waals surface area contributed by atoms with Gasteiger partial charge in [-0.1, -0.05) is 18.2 Å². The van der Waals surface area contributed by atoms with Crippen LogP contribution in [0.25, 0.3) is 0 Å². The summed E-state index contributed by atoms with van der Waals surface area (Å²) < 4.78 is 7.80. The van der Waals surface area contributed by atoms with E-state index in [1.54, 1.807) is 12.4 Å². The van der Waals surface area contributed by atoms with Gasteiger partial charge in [-0.3, -0.25) is 9.67 Å². The van der Waals surface area contributed by atoms with Gasteiger partial charge in [-0.25, -0.2) is 0 Å². The molecule has 6 nitrogen and oxygen atoms in total. The summed E-state index contributed by atoms with van der Waals surface area (Å²) in [5.74, 6) is 1.27. The minimum Gasteiger partial charge on any atom is -0.487 e. The molecule has 1 fully saturated rings. The number of hydrogen-bond donors (Lipinski definition) is 2. The van der Waals surface area contributed by atoms with Crippen molar-refractivity contribution in [2.75, 3.05) is 0 Å². The molecule has 0 bridgehead atoms. The zero-order valence-corrected chi connectivity index (χ0v) is 15.8. The summed E-state index contributed by atoms with van der Waals surface area (Å²) in [7, 11) is 0. The number of aliphatic hydroxyl groups is 1. The standard InChI is InChI=1S/C22H26N4O2/c27-22-13-18(15-26-10-4-9-25-26)12-21(22)24-14-17-5-3-7-20(11-17)28-16-19-6-1-2-8-23-19/h1-11,18,21-22,24,27H,12-16H2/t18?,21-,22-/m1/s1. The lowest BCUT2D eigenvalue weighted by molar-refractivity contribution is 0.145. The minimum absolute atomic E-state index is 0.110. The van der Waals surface area contributed by atoms with Gasteiger partial charge < -0.3 is 15.2 Å². The highest BCUT2D eigenvalue weighted by atomic mass is 16.5. The van der Waals surface area contributed by atoms with Crippen molar-refractivity contribution in [3.8, 4) is 5.75 Å². The third kappa shape index (κ3) is 4.97. The normalized spacial score (nSPS) is 21.7. The van der Waals surface area contributed by atoms with E-state index in [0.717, 1.165) is 36.4 Å². The SMILES string of the molecule is O[C@@H]1CC(Cn2cccn2)C[C@H]1NCc1cccc(OCc2ccccn2)c1. The molecule has 3 aromatic rings. The molecule has 2 N–H and O–H groups in total. The van der Waals surface area contributed by atoms with Gasteiger partial charge in [0.05, 0.1) is 11.8 Å². The number of nitrogens with one attached hydrogen (secondary N) is 1. The fourth-order valence-electron chi connectivity index (χ4n) is 3.79. The fraction of sp³-hybridized carbons (Fsp3) is 0.364. The van der Waals surface area contributed by atoms with Gasteiger partial charge in [0.1, 0.15) is 12.4 Å². The molecule has 28 heavy (non-hydrogen) atoms. The maximum Gasteiger partial charge on any atom is 0.130 e. The van der Waals surface area contributed by atoms with Gasteiger partial charge in [0.15, 0.2) is 0 Å². The molecule has 0 amide bonds. The first-order valence-electron chi connectivity index (χ1n) is 9.77. The Morgan fingerprint density at radius 2 is 2.07 bits per heavy atom. The van der Waals surface area contributed by atoms with Crippen LogP contribution in [0.5, 0.6) is 5.75 Å². The predicted octanol–water partition coefficient (Wildman–Crippen LogP) is 2.79. The van der Waals surface area contributed by atoms with Crippen LogP contribution in [0.1, 0.15) is 24.1 Å². The molecular weight excluding hydrogens is 352 g/mol. The Morgan fingerprint density at radius 3 is 2.89 bits per heavy atom. The Labute approximate surface area is 165 Å². The molecule has 2 heterocycles. The lowest BCUT2D eigenvalue weighted by atomic mass is 10.1. The molecular formula is C22H26N4O2. The molecule has 1 aromatic carbocycles. The Kier molecular flexibility index (Phi) is 5.99. The van der Waals surface area contributed by atoms with Crippen molar-refractivity contribution in [1.82, 2.24) is 20.1 Å². The van der Waals surface area contributed by atoms with E-state index in [2.05, 4.69) is 21.5 Å². The van der Waals surface area contributed by atoms with Crippen molar-refractivity contribution < 1.29 is 9.84 Å². The number of rotatable bonds is 8. The molecule has 6 heteroatoms. The monoisotopic (exact) mass is 378 g/mol. The average Bonchev–Trinajstić information content (AvgIpc) is 3.35. The summed E-state index contributed by atoms with van der Waals surface area (Å²) in [4.78, 5) is 4.28. The molecule has 3 atom stereocenters. The second kappa shape index (κ2) is 8.99. The molecule has 1 saturated carbocycles. The number of pyridine rings is 1. The molecule has 146 valence electrons. The minimum atomic E-state index is -0.316. The van der Waals surface area contributed by atoms with Gasteiger partial charge in [-0.2, -0.15) is 5.10 Å². The highest BCUT2D eigenvalue weighted by Gasteiger charge is 2.32. The van der Waals surface area contributed by atoms with Gasteiger partial charge in [0, 0.05) is 37.7 Å². The van der Waals surface area contributed by atoms with Crippen LogP contribution in [0, 0.1) is 5.92 Å². The molecule has 2 aromatic heterocycles. The zero-order chi connectivity index (χ0) is 19.2. The van der Waals surface area contributed by atoms with Crippen LogP contribution in [-0.4, -0.2) is 32.0 Å². The lowest BCUT2D eigenvalue weighted by Crippen LogP contribution is -2.35. The third-order valence-corrected chi connectivity index (χ3v) is 5.21. The van der Waals surface area contributed by atoms with E-state index < -0.39 is 0 Å². The summed E-state index contributed by atoms with van der Waals surface area (Å²) in [6.07, 6.45) is 6.99. The quantitative estimate of drug-likeness (QED) is 0.631. The fourth-order valence-corrected chi connectivity index (χ4v) is 3.79. The van der Waals surface area contributed by atoms with Crippen LogP contribution in [0.4, 0.5) is 0 Å². The first-order chi connectivity index (χ1) is 13.8. The Balaban J connectivity index is 1.27. The van der Waals surface area contributed by atoms with E-state index in [9.17, 15) is 5.11 Å². The summed E-state index contributed by atoms with van der Waals surface area (Å²) in [5.41, 5.74) is 2.05. The maximum absolute atomic E-state index is 10.4. The van der Waals surface area contributed by atoms with Gasteiger partial charge >= 0.3 is 0 Å². The number of nitrogens with zero attached hydrogens (tertiary/aromatic N) is 3. The second-order valence-corrected chi connectivity index (χ2v) is 7.38. The summed E-state index contributed by atoms with van der Waals surface area (Å²) in [6.45, 7) is 2.02. The highest BCUT2D eigenvalue weighted by molar-refractivity contribution is 5.28. The molecule has 4 rings (SSSR count). The number of ether oxygens (including phenoxy) is 1. The molecule has 1 unspecified atom stereocenters. The van der Waals surface area contributed by atoms with Crippen LogP contribution in [0.15, 0.2) is 67.1 Å². The maximum atomic E-state index is 10.4. The largest absolute Gasteiger partial charge is 0.487 e.